The van der Waals surface area contributed by atoms with Crippen molar-refractivity contribution >= 4 is 17.7 Å². The van der Waals surface area contributed by atoms with Gasteiger partial charge in [-0.15, -0.1) is 11.8 Å². The maximum Gasteiger partial charge on any atom is 0.232 e. The Bertz CT molecular complexity index is 254. The van der Waals surface area contributed by atoms with Gasteiger partial charge < -0.3 is 10.2 Å². The van der Waals surface area contributed by atoms with Gasteiger partial charge in [0.2, 0.25) is 5.91 Å². The lowest BCUT2D eigenvalue weighted by Crippen LogP contribution is -2.30. The number of likely N-dealkylation sites (tertiary alicyclic amines) is 1. The van der Waals surface area contributed by atoms with Gasteiger partial charge in [0.15, 0.2) is 0 Å². The van der Waals surface area contributed by atoms with E-state index in [0.717, 1.165) is 19.6 Å². The van der Waals surface area contributed by atoms with Crippen LogP contribution in [0.1, 0.15) is 39.0 Å². The largest absolute Gasteiger partial charge is 0.342 e. The quantitative estimate of drug-likeness (QED) is 0.815. The first-order valence-corrected chi connectivity index (χ1v) is 7.97. The zero-order valence-electron chi connectivity index (χ0n) is 10.8. The number of carbonyl (C=O) groups is 1. The standard InChI is InChI=1S/C13H24N2OS/c1-2-14-11-5-6-12(9-11)17-10-13(16)15-7-3-4-8-15/h11-12,14H,2-10H2,1H3. The molecule has 2 unspecified atom stereocenters. The van der Waals surface area contributed by atoms with Gasteiger partial charge in [-0.25, -0.2) is 0 Å². The van der Waals surface area contributed by atoms with Crippen LogP contribution in [-0.4, -0.2) is 47.5 Å². The molecule has 2 rings (SSSR count). The lowest BCUT2D eigenvalue weighted by Gasteiger charge is -2.16. The summed E-state index contributed by atoms with van der Waals surface area (Å²) >= 11 is 1.88. The van der Waals surface area contributed by atoms with Crippen molar-refractivity contribution in [2.75, 3.05) is 25.4 Å². The molecule has 1 saturated heterocycles. The molecular formula is C13H24N2OS. The SMILES string of the molecule is CCNC1CCC(SCC(=O)N2CCCC2)C1. The lowest BCUT2D eigenvalue weighted by atomic mass is 10.2. The van der Waals surface area contributed by atoms with Gasteiger partial charge in [-0.3, -0.25) is 4.79 Å². The van der Waals surface area contributed by atoms with E-state index in [1.165, 1.54) is 32.1 Å². The number of carbonyl (C=O) groups excluding carboxylic acids is 1. The molecule has 2 atom stereocenters. The molecule has 4 heteroatoms. The Kier molecular flexibility index (Phi) is 5.16. The second-order valence-corrected chi connectivity index (χ2v) is 6.38. The summed E-state index contributed by atoms with van der Waals surface area (Å²) in [4.78, 5) is 13.9. The third kappa shape index (κ3) is 3.88. The van der Waals surface area contributed by atoms with Crippen LogP contribution in [0.3, 0.4) is 0 Å². The second-order valence-electron chi connectivity index (χ2n) is 5.09. The van der Waals surface area contributed by atoms with Crippen molar-refractivity contribution < 1.29 is 4.79 Å². The number of nitrogens with one attached hydrogen (secondary N) is 1. The summed E-state index contributed by atoms with van der Waals surface area (Å²) in [5, 5.41) is 4.21. The molecule has 17 heavy (non-hydrogen) atoms. The van der Waals surface area contributed by atoms with Gasteiger partial charge in [-0.2, -0.15) is 0 Å². The van der Waals surface area contributed by atoms with E-state index in [0.29, 0.717) is 23.0 Å². The van der Waals surface area contributed by atoms with Gasteiger partial charge in [-0.05, 0) is 38.6 Å². The predicted molar refractivity (Wildman–Crippen MR) is 73.4 cm³/mol. The fraction of sp³-hybridized carbons (Fsp3) is 0.923. The Morgan fingerprint density at radius 1 is 1.35 bits per heavy atom. The Labute approximate surface area is 109 Å². The van der Waals surface area contributed by atoms with Gasteiger partial charge in [0.25, 0.3) is 0 Å². The Morgan fingerprint density at radius 2 is 2.12 bits per heavy atom. The highest BCUT2D eigenvalue weighted by Gasteiger charge is 2.26. The predicted octanol–water partition coefficient (Wildman–Crippen LogP) is 1.87. The minimum atomic E-state index is 0.361. The normalized spacial score (nSPS) is 28.9. The van der Waals surface area contributed by atoms with Crippen LogP contribution in [0.15, 0.2) is 0 Å². The summed E-state index contributed by atoms with van der Waals surface area (Å²) < 4.78 is 0. The van der Waals surface area contributed by atoms with Crippen LogP contribution in [0.25, 0.3) is 0 Å². The molecule has 2 aliphatic rings. The Balaban J connectivity index is 1.63. The van der Waals surface area contributed by atoms with Gasteiger partial charge >= 0.3 is 0 Å². The number of hydrogen-bond acceptors (Lipinski definition) is 3. The van der Waals surface area contributed by atoms with Crippen LogP contribution in [0.2, 0.25) is 0 Å². The Hall–Kier alpha value is -0.220. The zero-order chi connectivity index (χ0) is 12.1. The van der Waals surface area contributed by atoms with Crippen molar-refractivity contribution in [3.63, 3.8) is 0 Å². The number of thioether (sulfide) groups is 1. The maximum atomic E-state index is 11.9. The molecule has 98 valence electrons. The molecule has 1 aliphatic carbocycles. The summed E-state index contributed by atoms with van der Waals surface area (Å²) in [6.07, 6.45) is 6.19. The van der Waals surface area contributed by atoms with Crippen molar-refractivity contribution in [2.45, 2.75) is 50.3 Å². The van der Waals surface area contributed by atoms with Crippen LogP contribution in [0.5, 0.6) is 0 Å². The van der Waals surface area contributed by atoms with Crippen LogP contribution < -0.4 is 5.32 Å². The summed E-state index contributed by atoms with van der Waals surface area (Å²) in [6.45, 7) is 5.21. The molecule has 0 aromatic heterocycles. The third-order valence-corrected chi connectivity index (χ3v) is 5.09. The van der Waals surface area contributed by atoms with Crippen LogP contribution in [0.4, 0.5) is 0 Å². The van der Waals surface area contributed by atoms with E-state index in [1.54, 1.807) is 0 Å². The summed E-state index contributed by atoms with van der Waals surface area (Å²) in [7, 11) is 0. The lowest BCUT2D eigenvalue weighted by molar-refractivity contribution is -0.127. The minimum Gasteiger partial charge on any atom is -0.342 e. The average Bonchev–Trinajstić information content (AvgIpc) is 2.97. The molecule has 0 aromatic rings. The van der Waals surface area contributed by atoms with Crippen molar-refractivity contribution in [1.82, 2.24) is 10.2 Å². The number of rotatable bonds is 5. The van der Waals surface area contributed by atoms with Gasteiger partial charge in [0.1, 0.15) is 0 Å². The Morgan fingerprint density at radius 3 is 2.82 bits per heavy atom. The highest BCUT2D eigenvalue weighted by atomic mass is 32.2. The maximum absolute atomic E-state index is 11.9. The van der Waals surface area contributed by atoms with Crippen molar-refractivity contribution in [3.05, 3.63) is 0 Å². The number of amides is 1. The van der Waals surface area contributed by atoms with E-state index in [-0.39, 0.29) is 0 Å². The second kappa shape index (κ2) is 6.64. The molecule has 1 amide bonds. The van der Waals surface area contributed by atoms with Crippen molar-refractivity contribution in [3.8, 4) is 0 Å². The van der Waals surface area contributed by atoms with Gasteiger partial charge in [0, 0.05) is 24.4 Å². The van der Waals surface area contributed by atoms with E-state index in [2.05, 4.69) is 12.2 Å². The van der Waals surface area contributed by atoms with E-state index in [9.17, 15) is 4.79 Å². The molecule has 1 heterocycles. The molecule has 1 aliphatic heterocycles. The number of nitrogens with zero attached hydrogens (tertiary/aromatic N) is 1. The van der Waals surface area contributed by atoms with Crippen molar-refractivity contribution in [1.29, 1.82) is 0 Å². The molecule has 0 spiro atoms. The molecule has 0 aromatic carbocycles. The fourth-order valence-corrected chi connectivity index (χ4v) is 4.04. The summed E-state index contributed by atoms with van der Waals surface area (Å²) in [5.41, 5.74) is 0. The smallest absolute Gasteiger partial charge is 0.232 e. The van der Waals surface area contributed by atoms with Crippen LogP contribution in [0, 0.1) is 0 Å². The van der Waals surface area contributed by atoms with Crippen LogP contribution >= 0.6 is 11.8 Å². The first kappa shape index (κ1) is 13.2. The molecule has 1 saturated carbocycles. The molecule has 1 N–H and O–H groups in total. The summed E-state index contributed by atoms with van der Waals surface area (Å²) in [5.74, 6) is 1.06. The molecule has 2 fully saturated rings. The third-order valence-electron chi connectivity index (χ3n) is 3.78. The van der Waals surface area contributed by atoms with Gasteiger partial charge in [0.05, 0.1) is 5.75 Å². The topological polar surface area (TPSA) is 32.3 Å². The molecular weight excluding hydrogens is 232 g/mol. The van der Waals surface area contributed by atoms with E-state index in [1.807, 2.05) is 16.7 Å². The van der Waals surface area contributed by atoms with Gasteiger partial charge in [-0.1, -0.05) is 6.92 Å². The minimum absolute atomic E-state index is 0.361. The zero-order valence-corrected chi connectivity index (χ0v) is 11.6. The molecule has 0 bridgehead atoms. The monoisotopic (exact) mass is 256 g/mol. The highest BCUT2D eigenvalue weighted by Crippen LogP contribution is 2.30. The number of hydrogen-bond donors (Lipinski definition) is 1. The van der Waals surface area contributed by atoms with Crippen LogP contribution in [-0.2, 0) is 4.79 Å². The van der Waals surface area contributed by atoms with E-state index in [4.69, 9.17) is 0 Å². The first-order chi connectivity index (χ1) is 8.29. The average molecular weight is 256 g/mol. The highest BCUT2D eigenvalue weighted by molar-refractivity contribution is 8.00. The molecule has 3 nitrogen and oxygen atoms in total. The summed E-state index contributed by atoms with van der Waals surface area (Å²) in [6, 6.07) is 0.694. The van der Waals surface area contributed by atoms with E-state index < -0.39 is 0 Å². The fourth-order valence-electron chi connectivity index (χ4n) is 2.81. The van der Waals surface area contributed by atoms with Crippen molar-refractivity contribution in [2.24, 2.45) is 0 Å². The van der Waals surface area contributed by atoms with E-state index >= 15 is 0 Å². The first-order valence-electron chi connectivity index (χ1n) is 6.92. The molecule has 0 radical (unpaired) electrons.